The fourth-order valence-corrected chi connectivity index (χ4v) is 1.83. The Kier molecular flexibility index (Phi) is 0.588. The maximum Gasteiger partial charge on any atom is -0.00846 e. The summed E-state index contributed by atoms with van der Waals surface area (Å²) in [4.78, 5) is 0. The van der Waals surface area contributed by atoms with Crippen LogP contribution in [0.1, 0.15) is 26.7 Å². The molecule has 1 saturated carbocycles. The average Bonchev–Trinajstić information content (AvgIpc) is 2.31. The monoisotopic (exact) mass is 108 g/mol. The van der Waals surface area contributed by atoms with Crippen LogP contribution in [0.5, 0.6) is 0 Å². The summed E-state index contributed by atoms with van der Waals surface area (Å²) in [5.41, 5.74) is 2.32. The van der Waals surface area contributed by atoms with Gasteiger partial charge in [-0.1, -0.05) is 18.6 Å². The van der Waals surface area contributed by atoms with Crippen molar-refractivity contribution in [2.75, 3.05) is 0 Å². The van der Waals surface area contributed by atoms with Crippen molar-refractivity contribution in [2.24, 2.45) is 11.3 Å². The van der Waals surface area contributed by atoms with Crippen molar-refractivity contribution < 1.29 is 0 Å². The quantitative estimate of drug-likeness (QED) is 0.418. The lowest BCUT2D eigenvalue weighted by Gasteiger charge is -2.02. The van der Waals surface area contributed by atoms with Gasteiger partial charge in [-0.15, -0.1) is 0 Å². The zero-order valence-corrected chi connectivity index (χ0v) is 5.57. The van der Waals surface area contributed by atoms with Gasteiger partial charge in [0.15, 0.2) is 0 Å². The molecule has 0 aromatic heterocycles. The first-order chi connectivity index (χ1) is 3.73. The van der Waals surface area contributed by atoms with E-state index in [-0.39, 0.29) is 0 Å². The smallest absolute Gasteiger partial charge is 0.00846 e. The summed E-state index contributed by atoms with van der Waals surface area (Å²) in [6, 6.07) is 0. The molecule has 2 aliphatic carbocycles. The number of rotatable bonds is 0. The summed E-state index contributed by atoms with van der Waals surface area (Å²) < 4.78 is 0. The fraction of sp³-hybridized carbons (Fsp3) is 0.750. The summed E-state index contributed by atoms with van der Waals surface area (Å²) in [7, 11) is 0. The predicted molar refractivity (Wildman–Crippen MR) is 34.6 cm³/mol. The zero-order valence-electron chi connectivity index (χ0n) is 5.57. The van der Waals surface area contributed by atoms with Crippen molar-refractivity contribution in [1.82, 2.24) is 0 Å². The van der Waals surface area contributed by atoms with Gasteiger partial charge in [-0.05, 0) is 31.1 Å². The van der Waals surface area contributed by atoms with E-state index in [1.54, 1.807) is 5.57 Å². The maximum absolute atomic E-state index is 2.40. The summed E-state index contributed by atoms with van der Waals surface area (Å²) in [5, 5.41) is 0. The van der Waals surface area contributed by atoms with E-state index in [0.717, 1.165) is 5.92 Å². The molecule has 0 amide bonds. The van der Waals surface area contributed by atoms with Crippen LogP contribution in [0.2, 0.25) is 0 Å². The van der Waals surface area contributed by atoms with Gasteiger partial charge >= 0.3 is 0 Å². The van der Waals surface area contributed by atoms with Crippen molar-refractivity contribution >= 4 is 0 Å². The van der Waals surface area contributed by atoms with Gasteiger partial charge in [0, 0.05) is 0 Å². The number of hydrogen-bond donors (Lipinski definition) is 0. The standard InChI is InChI=1S/C8H12/c1-6-3-4-7-5-8(6,7)2/h3,7H,4-5H2,1-2H3/t7-,8-/m1/s1. The van der Waals surface area contributed by atoms with Crippen LogP contribution in [0.4, 0.5) is 0 Å². The molecule has 2 atom stereocenters. The number of allylic oxidation sites excluding steroid dienone is 2. The first-order valence-electron chi connectivity index (χ1n) is 3.41. The van der Waals surface area contributed by atoms with Crippen molar-refractivity contribution in [2.45, 2.75) is 26.7 Å². The Morgan fingerprint density at radius 1 is 1.75 bits per heavy atom. The Morgan fingerprint density at radius 3 is 2.62 bits per heavy atom. The molecule has 0 aromatic carbocycles. The molecule has 0 heteroatoms. The third-order valence-corrected chi connectivity index (χ3v) is 3.02. The Morgan fingerprint density at radius 2 is 2.50 bits per heavy atom. The minimum absolute atomic E-state index is 0.681. The van der Waals surface area contributed by atoms with Crippen molar-refractivity contribution in [3.05, 3.63) is 11.6 Å². The lowest BCUT2D eigenvalue weighted by molar-refractivity contribution is 0.637. The van der Waals surface area contributed by atoms with E-state index in [9.17, 15) is 0 Å². The molecule has 0 spiro atoms. The van der Waals surface area contributed by atoms with Crippen LogP contribution in [0.3, 0.4) is 0 Å². The summed E-state index contributed by atoms with van der Waals surface area (Å²) >= 11 is 0. The SMILES string of the molecule is CC1=CC[C@@H]2C[C@]12C. The van der Waals surface area contributed by atoms with E-state index in [4.69, 9.17) is 0 Å². The van der Waals surface area contributed by atoms with Crippen LogP contribution in [0.25, 0.3) is 0 Å². The molecule has 8 heavy (non-hydrogen) atoms. The highest BCUT2D eigenvalue weighted by molar-refractivity contribution is 5.28. The van der Waals surface area contributed by atoms with Crippen LogP contribution < -0.4 is 0 Å². The van der Waals surface area contributed by atoms with Gasteiger partial charge in [0.1, 0.15) is 0 Å². The molecule has 0 heterocycles. The van der Waals surface area contributed by atoms with Crippen LogP contribution in [0.15, 0.2) is 11.6 Å². The van der Waals surface area contributed by atoms with Crippen molar-refractivity contribution in [3.63, 3.8) is 0 Å². The third-order valence-electron chi connectivity index (χ3n) is 3.02. The molecule has 0 aromatic rings. The lowest BCUT2D eigenvalue weighted by atomic mass is 10.0. The highest BCUT2D eigenvalue weighted by Crippen LogP contribution is 2.63. The molecule has 0 saturated heterocycles. The molecule has 2 rings (SSSR count). The Labute approximate surface area is 50.6 Å². The van der Waals surface area contributed by atoms with Crippen molar-refractivity contribution in [1.29, 1.82) is 0 Å². The molecular weight excluding hydrogens is 96.1 g/mol. The zero-order chi connectivity index (χ0) is 5.78. The molecule has 0 N–H and O–H groups in total. The summed E-state index contributed by atoms with van der Waals surface area (Å²) in [5.74, 6) is 1.04. The van der Waals surface area contributed by atoms with Crippen LogP contribution in [-0.4, -0.2) is 0 Å². The van der Waals surface area contributed by atoms with E-state index in [1.807, 2.05) is 0 Å². The van der Waals surface area contributed by atoms with Gasteiger partial charge in [-0.25, -0.2) is 0 Å². The van der Waals surface area contributed by atoms with Crippen LogP contribution >= 0.6 is 0 Å². The van der Waals surface area contributed by atoms with E-state index in [1.165, 1.54) is 12.8 Å². The maximum atomic E-state index is 2.40. The first kappa shape index (κ1) is 4.60. The molecular formula is C8H12. The molecule has 0 radical (unpaired) electrons. The van der Waals surface area contributed by atoms with Crippen LogP contribution in [-0.2, 0) is 0 Å². The predicted octanol–water partition coefficient (Wildman–Crippen LogP) is 2.36. The Hall–Kier alpha value is -0.260. The third kappa shape index (κ3) is 0.331. The summed E-state index contributed by atoms with van der Waals surface area (Å²) in [6.45, 7) is 4.66. The van der Waals surface area contributed by atoms with Gasteiger partial charge in [-0.2, -0.15) is 0 Å². The minimum Gasteiger partial charge on any atom is -0.0847 e. The van der Waals surface area contributed by atoms with Gasteiger partial charge < -0.3 is 0 Å². The van der Waals surface area contributed by atoms with E-state index in [2.05, 4.69) is 19.9 Å². The van der Waals surface area contributed by atoms with Crippen LogP contribution in [0, 0.1) is 11.3 Å². The topological polar surface area (TPSA) is 0 Å². The fourth-order valence-electron chi connectivity index (χ4n) is 1.83. The van der Waals surface area contributed by atoms with E-state index >= 15 is 0 Å². The van der Waals surface area contributed by atoms with Gasteiger partial charge in [-0.3, -0.25) is 0 Å². The largest absolute Gasteiger partial charge is 0.0847 e. The molecule has 0 bridgehead atoms. The highest BCUT2D eigenvalue weighted by Gasteiger charge is 2.53. The van der Waals surface area contributed by atoms with E-state index < -0.39 is 0 Å². The Balaban J connectivity index is 2.34. The lowest BCUT2D eigenvalue weighted by Crippen LogP contribution is -1.91. The second-order valence-corrected chi connectivity index (χ2v) is 3.44. The van der Waals surface area contributed by atoms with Gasteiger partial charge in [0.25, 0.3) is 0 Å². The first-order valence-corrected chi connectivity index (χ1v) is 3.41. The summed E-state index contributed by atoms with van der Waals surface area (Å²) in [6.07, 6.45) is 5.23. The molecule has 0 aliphatic heterocycles. The Bertz CT molecular complexity index is 155. The molecule has 2 aliphatic rings. The molecule has 44 valence electrons. The number of hydrogen-bond acceptors (Lipinski definition) is 0. The second-order valence-electron chi connectivity index (χ2n) is 3.44. The highest BCUT2D eigenvalue weighted by atomic mass is 14.6. The number of fused-ring (bicyclic) bond motifs is 1. The van der Waals surface area contributed by atoms with E-state index in [0.29, 0.717) is 5.41 Å². The molecule has 1 fully saturated rings. The second kappa shape index (κ2) is 1.02. The molecule has 0 nitrogen and oxygen atoms in total. The van der Waals surface area contributed by atoms with Crippen molar-refractivity contribution in [3.8, 4) is 0 Å². The van der Waals surface area contributed by atoms with Gasteiger partial charge in [0.2, 0.25) is 0 Å². The molecule has 0 unspecified atom stereocenters. The van der Waals surface area contributed by atoms with Gasteiger partial charge in [0.05, 0.1) is 0 Å². The normalized spacial score (nSPS) is 50.8. The average molecular weight is 108 g/mol. The minimum atomic E-state index is 0.681.